The highest BCUT2D eigenvalue weighted by Crippen LogP contribution is 2.27. The molecule has 0 spiro atoms. The van der Waals surface area contributed by atoms with Crippen LogP contribution in [0.2, 0.25) is 5.02 Å². The maximum atomic E-state index is 13.2. The standard InChI is InChI=1S/C20H18ClFN2O/c1-13-2-5-19-18(10-13)23-20(25-19)14-6-8-24(9-7-14)12-15-3-4-16(22)11-17(15)21/h2-6,10-11H,7-9,12H2,1H3. The zero-order chi connectivity index (χ0) is 17.4. The molecule has 1 aliphatic rings. The first-order chi connectivity index (χ1) is 12.1. The fourth-order valence-electron chi connectivity index (χ4n) is 3.11. The topological polar surface area (TPSA) is 29.3 Å². The molecule has 3 aromatic rings. The minimum atomic E-state index is -0.305. The second-order valence-corrected chi connectivity index (χ2v) is 6.85. The number of aryl methyl sites for hydroxylation is 1. The molecule has 4 rings (SSSR count). The van der Waals surface area contributed by atoms with Gasteiger partial charge in [-0.3, -0.25) is 4.90 Å². The van der Waals surface area contributed by atoms with Crippen molar-refractivity contribution in [3.63, 3.8) is 0 Å². The first kappa shape index (κ1) is 16.3. The van der Waals surface area contributed by atoms with Crippen LogP contribution >= 0.6 is 11.6 Å². The van der Waals surface area contributed by atoms with Gasteiger partial charge in [0, 0.05) is 30.2 Å². The predicted octanol–water partition coefficient (Wildman–Crippen LogP) is 5.22. The maximum absolute atomic E-state index is 13.2. The molecule has 0 aliphatic carbocycles. The van der Waals surface area contributed by atoms with Crippen molar-refractivity contribution < 1.29 is 8.81 Å². The van der Waals surface area contributed by atoms with E-state index in [1.165, 1.54) is 17.7 Å². The van der Waals surface area contributed by atoms with Crippen molar-refractivity contribution in [2.75, 3.05) is 13.1 Å². The van der Waals surface area contributed by atoms with Crippen molar-refractivity contribution in [3.8, 4) is 0 Å². The van der Waals surface area contributed by atoms with Crippen LogP contribution in [0.1, 0.15) is 23.4 Å². The second-order valence-electron chi connectivity index (χ2n) is 6.44. The van der Waals surface area contributed by atoms with Crippen LogP contribution in [0.3, 0.4) is 0 Å². The van der Waals surface area contributed by atoms with Gasteiger partial charge in [-0.2, -0.15) is 0 Å². The molecule has 1 aliphatic heterocycles. The fraction of sp³-hybridized carbons (Fsp3) is 0.250. The molecule has 1 aromatic heterocycles. The van der Waals surface area contributed by atoms with Crippen LogP contribution < -0.4 is 0 Å². The second kappa shape index (κ2) is 6.62. The van der Waals surface area contributed by atoms with Gasteiger partial charge in [0.15, 0.2) is 5.58 Å². The molecule has 2 heterocycles. The number of hydrogen-bond donors (Lipinski definition) is 0. The van der Waals surface area contributed by atoms with Gasteiger partial charge in [-0.1, -0.05) is 29.8 Å². The van der Waals surface area contributed by atoms with E-state index in [0.717, 1.165) is 41.7 Å². The SMILES string of the molecule is Cc1ccc2oc(C3=CCN(Cc4ccc(F)cc4Cl)CC3)nc2c1. The summed E-state index contributed by atoms with van der Waals surface area (Å²) >= 11 is 6.12. The summed E-state index contributed by atoms with van der Waals surface area (Å²) in [6, 6.07) is 10.6. The summed E-state index contributed by atoms with van der Waals surface area (Å²) in [5.74, 6) is 0.404. The molecule has 128 valence electrons. The molecule has 0 saturated heterocycles. The number of rotatable bonds is 3. The van der Waals surface area contributed by atoms with Crippen LogP contribution in [-0.2, 0) is 6.54 Å². The average Bonchev–Trinajstić information content (AvgIpc) is 3.01. The molecule has 0 saturated carbocycles. The maximum Gasteiger partial charge on any atom is 0.222 e. The Hall–Kier alpha value is -2.17. The van der Waals surface area contributed by atoms with E-state index in [1.54, 1.807) is 6.07 Å². The summed E-state index contributed by atoms with van der Waals surface area (Å²) in [4.78, 5) is 6.89. The molecule has 0 amide bonds. The van der Waals surface area contributed by atoms with Gasteiger partial charge in [-0.25, -0.2) is 9.37 Å². The highest BCUT2D eigenvalue weighted by atomic mass is 35.5. The van der Waals surface area contributed by atoms with Crippen molar-refractivity contribution in [2.24, 2.45) is 0 Å². The minimum absolute atomic E-state index is 0.305. The third kappa shape index (κ3) is 3.46. The van der Waals surface area contributed by atoms with E-state index in [0.29, 0.717) is 17.5 Å². The highest BCUT2D eigenvalue weighted by Gasteiger charge is 2.18. The molecular formula is C20H18ClFN2O. The van der Waals surface area contributed by atoms with Crippen LogP contribution in [0.5, 0.6) is 0 Å². The Morgan fingerprint density at radius 1 is 1.24 bits per heavy atom. The number of halogens is 2. The Labute approximate surface area is 150 Å². The van der Waals surface area contributed by atoms with Gasteiger partial charge < -0.3 is 4.42 Å². The lowest BCUT2D eigenvalue weighted by Gasteiger charge is -2.25. The molecule has 5 heteroatoms. The monoisotopic (exact) mass is 356 g/mol. The van der Waals surface area contributed by atoms with Gasteiger partial charge in [0.25, 0.3) is 0 Å². The molecule has 0 radical (unpaired) electrons. The molecular weight excluding hydrogens is 339 g/mol. The average molecular weight is 357 g/mol. The number of fused-ring (bicyclic) bond motifs is 1. The van der Waals surface area contributed by atoms with E-state index in [1.807, 2.05) is 25.1 Å². The first-order valence-electron chi connectivity index (χ1n) is 8.31. The van der Waals surface area contributed by atoms with Gasteiger partial charge in [0.1, 0.15) is 11.3 Å². The summed E-state index contributed by atoms with van der Waals surface area (Å²) in [7, 11) is 0. The smallest absolute Gasteiger partial charge is 0.222 e. The molecule has 0 unspecified atom stereocenters. The van der Waals surface area contributed by atoms with E-state index >= 15 is 0 Å². The predicted molar refractivity (Wildman–Crippen MR) is 98.0 cm³/mol. The molecule has 0 N–H and O–H groups in total. The zero-order valence-corrected chi connectivity index (χ0v) is 14.7. The summed E-state index contributed by atoms with van der Waals surface area (Å²) in [5, 5.41) is 0.476. The number of benzene rings is 2. The Bertz CT molecular complexity index is 963. The van der Waals surface area contributed by atoms with Gasteiger partial charge in [0.2, 0.25) is 5.89 Å². The number of hydrogen-bond acceptors (Lipinski definition) is 3. The van der Waals surface area contributed by atoms with Gasteiger partial charge in [-0.05, 0) is 48.7 Å². The quantitative estimate of drug-likeness (QED) is 0.644. The molecule has 2 aromatic carbocycles. The van der Waals surface area contributed by atoms with Crippen molar-refractivity contribution in [3.05, 3.63) is 70.3 Å². The molecule has 25 heavy (non-hydrogen) atoms. The summed E-state index contributed by atoms with van der Waals surface area (Å²) in [6.45, 7) is 4.43. The van der Waals surface area contributed by atoms with E-state index in [4.69, 9.17) is 16.0 Å². The lowest BCUT2D eigenvalue weighted by Crippen LogP contribution is -2.28. The van der Waals surface area contributed by atoms with Crippen molar-refractivity contribution in [2.45, 2.75) is 19.9 Å². The van der Waals surface area contributed by atoms with Crippen molar-refractivity contribution in [1.82, 2.24) is 9.88 Å². The summed E-state index contributed by atoms with van der Waals surface area (Å²) < 4.78 is 19.0. The Morgan fingerprint density at radius 2 is 2.12 bits per heavy atom. The number of oxazole rings is 1. The summed E-state index contributed by atoms with van der Waals surface area (Å²) in [6.07, 6.45) is 3.02. The highest BCUT2D eigenvalue weighted by molar-refractivity contribution is 6.31. The van der Waals surface area contributed by atoms with Gasteiger partial charge in [-0.15, -0.1) is 0 Å². The summed E-state index contributed by atoms with van der Waals surface area (Å²) in [5.41, 5.74) is 4.97. The third-order valence-corrected chi connectivity index (χ3v) is 4.87. The lowest BCUT2D eigenvalue weighted by atomic mass is 10.1. The fourth-order valence-corrected chi connectivity index (χ4v) is 3.34. The molecule has 3 nitrogen and oxygen atoms in total. The molecule has 0 fully saturated rings. The van der Waals surface area contributed by atoms with Crippen LogP contribution in [0.15, 0.2) is 46.9 Å². The van der Waals surface area contributed by atoms with Gasteiger partial charge in [0.05, 0.1) is 0 Å². The van der Waals surface area contributed by atoms with Crippen molar-refractivity contribution >= 4 is 28.3 Å². The Balaban J connectivity index is 1.49. The van der Waals surface area contributed by atoms with Gasteiger partial charge >= 0.3 is 0 Å². The van der Waals surface area contributed by atoms with Crippen LogP contribution in [-0.4, -0.2) is 23.0 Å². The Kier molecular flexibility index (Phi) is 4.32. The van der Waals surface area contributed by atoms with E-state index in [9.17, 15) is 4.39 Å². The molecule has 0 atom stereocenters. The minimum Gasteiger partial charge on any atom is -0.436 e. The van der Waals surface area contributed by atoms with Crippen LogP contribution in [0, 0.1) is 12.7 Å². The normalized spacial score (nSPS) is 15.6. The molecule has 0 bridgehead atoms. The van der Waals surface area contributed by atoms with E-state index in [-0.39, 0.29) is 5.82 Å². The first-order valence-corrected chi connectivity index (χ1v) is 8.69. The number of aromatic nitrogens is 1. The van der Waals surface area contributed by atoms with Crippen molar-refractivity contribution in [1.29, 1.82) is 0 Å². The van der Waals surface area contributed by atoms with Crippen LogP contribution in [0.4, 0.5) is 4.39 Å². The van der Waals surface area contributed by atoms with E-state index in [2.05, 4.69) is 16.0 Å². The lowest BCUT2D eigenvalue weighted by molar-refractivity contribution is 0.292. The van der Waals surface area contributed by atoms with E-state index < -0.39 is 0 Å². The van der Waals surface area contributed by atoms with Crippen LogP contribution in [0.25, 0.3) is 16.7 Å². The number of nitrogens with zero attached hydrogens (tertiary/aromatic N) is 2. The third-order valence-electron chi connectivity index (χ3n) is 4.52. The Morgan fingerprint density at radius 3 is 2.88 bits per heavy atom. The largest absolute Gasteiger partial charge is 0.436 e. The zero-order valence-electron chi connectivity index (χ0n) is 13.9.